The number of aryl methyl sites for hydroxylation is 1. The highest BCUT2D eigenvalue weighted by atomic mass is 35.5. The first-order valence-corrected chi connectivity index (χ1v) is 14.3. The first kappa shape index (κ1) is 31.0. The summed E-state index contributed by atoms with van der Waals surface area (Å²) >= 11 is 5.98. The van der Waals surface area contributed by atoms with E-state index in [1.165, 1.54) is 12.1 Å². The molecule has 1 fully saturated rings. The van der Waals surface area contributed by atoms with E-state index in [2.05, 4.69) is 20.0 Å². The molecule has 226 valence electrons. The van der Waals surface area contributed by atoms with Crippen molar-refractivity contribution >= 4 is 29.1 Å². The van der Waals surface area contributed by atoms with Gasteiger partial charge in [-0.05, 0) is 63.8 Å². The molecule has 1 amide bonds. The van der Waals surface area contributed by atoms with Gasteiger partial charge in [-0.3, -0.25) is 14.8 Å². The molecular formula is C29H38ClN7O5. The predicted octanol–water partition coefficient (Wildman–Crippen LogP) is 5.76. The molecule has 0 bridgehead atoms. The van der Waals surface area contributed by atoms with Crippen LogP contribution in [0.5, 0.6) is 5.75 Å². The number of benzene rings is 1. The van der Waals surface area contributed by atoms with E-state index in [1.807, 2.05) is 45.5 Å². The van der Waals surface area contributed by atoms with Gasteiger partial charge >= 0.3 is 6.09 Å². The third-order valence-electron chi connectivity index (χ3n) is 7.06. The largest absolute Gasteiger partial charge is 0.491 e. The van der Waals surface area contributed by atoms with Crippen LogP contribution in [0.15, 0.2) is 36.8 Å². The number of ether oxygens (including phenoxy) is 2. The Bertz CT molecular complexity index is 1420. The van der Waals surface area contributed by atoms with E-state index in [9.17, 15) is 14.9 Å². The second-order valence-electron chi connectivity index (χ2n) is 11.8. The molecule has 0 aliphatic carbocycles. The van der Waals surface area contributed by atoms with Crippen LogP contribution in [0.2, 0.25) is 5.28 Å². The quantitative estimate of drug-likeness (QED) is 0.171. The van der Waals surface area contributed by atoms with Gasteiger partial charge < -0.3 is 19.3 Å². The number of piperidine rings is 1. The maximum Gasteiger partial charge on any atom is 0.410 e. The number of aromatic nitrogens is 4. The minimum atomic E-state index is -0.558. The van der Waals surface area contributed by atoms with Crippen molar-refractivity contribution in [1.29, 1.82) is 0 Å². The summed E-state index contributed by atoms with van der Waals surface area (Å²) in [4.78, 5) is 35.8. The minimum Gasteiger partial charge on any atom is -0.491 e. The van der Waals surface area contributed by atoms with Crippen LogP contribution in [-0.4, -0.2) is 74.1 Å². The molecule has 1 atom stereocenters. The van der Waals surface area contributed by atoms with Crippen LogP contribution >= 0.6 is 11.6 Å². The monoisotopic (exact) mass is 599 g/mol. The van der Waals surface area contributed by atoms with Crippen molar-refractivity contribution in [2.75, 3.05) is 31.6 Å². The maximum atomic E-state index is 12.5. The molecule has 42 heavy (non-hydrogen) atoms. The van der Waals surface area contributed by atoms with Gasteiger partial charge in [0, 0.05) is 62.7 Å². The maximum absolute atomic E-state index is 12.5. The Morgan fingerprint density at radius 3 is 2.64 bits per heavy atom. The number of nitro benzene ring substituents is 1. The number of rotatable bonds is 9. The fraction of sp³-hybridized carbons (Fsp3) is 0.517. The fourth-order valence-electron chi connectivity index (χ4n) is 4.87. The van der Waals surface area contributed by atoms with Crippen LogP contribution in [0.4, 0.5) is 16.2 Å². The van der Waals surface area contributed by atoms with Gasteiger partial charge in [0.2, 0.25) is 5.28 Å². The zero-order valence-electron chi connectivity index (χ0n) is 24.9. The zero-order valence-corrected chi connectivity index (χ0v) is 25.7. The molecule has 4 rings (SSSR count). The minimum absolute atomic E-state index is 0.0310. The summed E-state index contributed by atoms with van der Waals surface area (Å²) in [6.45, 7) is 11.7. The standard InChI is InChI=1S/C29H38ClN7O5/c1-19(16-36-17-21(15-32-36)26-20(2)14-31-27(30)33-26)18-41-25-13-23(37(39)40)7-8-24(25)35-11-9-22(10-12-35)34(6)28(38)42-29(3,4)5/h7-8,13-15,17,19,22H,9-12,16,18H2,1-6H3. The van der Waals surface area contributed by atoms with Crippen LogP contribution in [0, 0.1) is 23.0 Å². The molecule has 1 aliphatic heterocycles. The Kier molecular flexibility index (Phi) is 9.55. The summed E-state index contributed by atoms with van der Waals surface area (Å²) in [7, 11) is 1.77. The molecule has 0 radical (unpaired) electrons. The Hall–Kier alpha value is -3.93. The SMILES string of the molecule is Cc1cnc(Cl)nc1-c1cnn(CC(C)COc2cc([N+](=O)[O-])ccc2N2CCC(N(C)C(=O)OC(C)(C)C)CC2)c1. The van der Waals surface area contributed by atoms with Crippen LogP contribution in [0.3, 0.4) is 0 Å². The highest BCUT2D eigenvalue weighted by Crippen LogP contribution is 2.35. The second-order valence-corrected chi connectivity index (χ2v) is 12.1. The summed E-state index contributed by atoms with van der Waals surface area (Å²) in [6, 6.07) is 4.76. The lowest BCUT2D eigenvalue weighted by Gasteiger charge is -2.38. The lowest BCUT2D eigenvalue weighted by atomic mass is 10.0. The van der Waals surface area contributed by atoms with Gasteiger partial charge in [0.05, 0.1) is 35.2 Å². The topological polar surface area (TPSA) is 129 Å². The van der Waals surface area contributed by atoms with Crippen molar-refractivity contribution in [3.05, 3.63) is 57.8 Å². The molecule has 3 heterocycles. The number of anilines is 1. The number of non-ortho nitro benzene ring substituents is 1. The average molecular weight is 600 g/mol. The molecule has 0 N–H and O–H groups in total. The number of halogens is 1. The van der Waals surface area contributed by atoms with Gasteiger partial charge in [-0.15, -0.1) is 0 Å². The van der Waals surface area contributed by atoms with Gasteiger partial charge in [0.25, 0.3) is 5.69 Å². The molecule has 3 aromatic rings. The molecule has 12 nitrogen and oxygen atoms in total. The lowest BCUT2D eigenvalue weighted by Crippen LogP contribution is -2.47. The van der Waals surface area contributed by atoms with E-state index in [0.717, 1.165) is 35.3 Å². The highest BCUT2D eigenvalue weighted by molar-refractivity contribution is 6.28. The summed E-state index contributed by atoms with van der Waals surface area (Å²) in [5.74, 6) is 0.510. The van der Waals surface area contributed by atoms with Crippen LogP contribution in [0.1, 0.15) is 46.1 Å². The van der Waals surface area contributed by atoms with Crippen LogP contribution < -0.4 is 9.64 Å². The van der Waals surface area contributed by atoms with Gasteiger partial charge in [-0.25, -0.2) is 14.8 Å². The van der Waals surface area contributed by atoms with E-state index >= 15 is 0 Å². The first-order valence-electron chi connectivity index (χ1n) is 13.9. The third kappa shape index (κ3) is 7.87. The van der Waals surface area contributed by atoms with Crippen molar-refractivity contribution in [2.45, 2.75) is 65.6 Å². The highest BCUT2D eigenvalue weighted by Gasteiger charge is 2.30. The molecule has 1 unspecified atom stereocenters. The van der Waals surface area contributed by atoms with Crippen molar-refractivity contribution in [2.24, 2.45) is 5.92 Å². The summed E-state index contributed by atoms with van der Waals surface area (Å²) in [5, 5.41) is 16.2. The van der Waals surface area contributed by atoms with Crippen molar-refractivity contribution in [1.82, 2.24) is 24.6 Å². The normalized spacial score (nSPS) is 14.9. The number of nitrogens with zero attached hydrogens (tertiary/aromatic N) is 7. The lowest BCUT2D eigenvalue weighted by molar-refractivity contribution is -0.384. The molecule has 0 saturated carbocycles. The number of nitro groups is 1. The molecule has 2 aromatic heterocycles. The predicted molar refractivity (Wildman–Crippen MR) is 160 cm³/mol. The molecular weight excluding hydrogens is 562 g/mol. The van der Waals surface area contributed by atoms with Crippen molar-refractivity contribution < 1.29 is 19.2 Å². The Morgan fingerprint density at radius 1 is 1.26 bits per heavy atom. The fourth-order valence-corrected chi connectivity index (χ4v) is 5.01. The Labute approximate surface area is 250 Å². The van der Waals surface area contributed by atoms with E-state index in [-0.39, 0.29) is 29.0 Å². The van der Waals surface area contributed by atoms with Gasteiger partial charge in [0.15, 0.2) is 0 Å². The molecule has 1 aliphatic rings. The average Bonchev–Trinajstić information content (AvgIpc) is 3.39. The Morgan fingerprint density at radius 2 is 1.98 bits per heavy atom. The first-order chi connectivity index (χ1) is 19.8. The number of carbonyl (C=O) groups excluding carboxylic acids is 1. The molecule has 13 heteroatoms. The Balaban J connectivity index is 1.40. The molecule has 1 aromatic carbocycles. The van der Waals surface area contributed by atoms with Crippen molar-refractivity contribution in [3.63, 3.8) is 0 Å². The number of amides is 1. The van der Waals surface area contributed by atoms with E-state index in [4.69, 9.17) is 21.1 Å². The number of carbonyl (C=O) groups is 1. The summed E-state index contributed by atoms with van der Waals surface area (Å²) in [5.41, 5.74) is 2.67. The summed E-state index contributed by atoms with van der Waals surface area (Å²) in [6.07, 6.45) is 6.45. The molecule has 1 saturated heterocycles. The van der Waals surface area contributed by atoms with Crippen LogP contribution in [0.25, 0.3) is 11.3 Å². The van der Waals surface area contributed by atoms with Gasteiger partial charge in [-0.2, -0.15) is 5.10 Å². The van der Waals surface area contributed by atoms with E-state index in [0.29, 0.717) is 32.0 Å². The number of hydrogen-bond donors (Lipinski definition) is 0. The van der Waals surface area contributed by atoms with Crippen LogP contribution in [-0.2, 0) is 11.3 Å². The molecule has 0 spiro atoms. The smallest absolute Gasteiger partial charge is 0.410 e. The summed E-state index contributed by atoms with van der Waals surface area (Å²) < 4.78 is 13.5. The van der Waals surface area contributed by atoms with Crippen molar-refractivity contribution in [3.8, 4) is 17.0 Å². The zero-order chi connectivity index (χ0) is 30.6. The van der Waals surface area contributed by atoms with E-state index in [1.54, 1.807) is 30.4 Å². The van der Waals surface area contributed by atoms with Gasteiger partial charge in [-0.1, -0.05) is 6.92 Å². The third-order valence-corrected chi connectivity index (χ3v) is 7.24. The van der Waals surface area contributed by atoms with Gasteiger partial charge in [0.1, 0.15) is 11.4 Å². The second kappa shape index (κ2) is 12.9. The van der Waals surface area contributed by atoms with E-state index < -0.39 is 10.5 Å². The number of hydrogen-bond acceptors (Lipinski definition) is 9.